The van der Waals surface area contributed by atoms with Crippen LogP contribution in [0.5, 0.6) is 0 Å². The first kappa shape index (κ1) is 17.9. The normalized spacial score (nSPS) is 12.9. The van der Waals surface area contributed by atoms with E-state index in [1.165, 1.54) is 0 Å². The second kappa shape index (κ2) is 8.04. The summed E-state index contributed by atoms with van der Waals surface area (Å²) in [6.45, 7) is 1.06. The summed E-state index contributed by atoms with van der Waals surface area (Å²) in [6, 6.07) is 13.0. The maximum absolute atomic E-state index is 12.8. The number of fused-ring (bicyclic) bond motifs is 1. The summed E-state index contributed by atoms with van der Waals surface area (Å²) >= 11 is 0. The number of anilines is 1. The van der Waals surface area contributed by atoms with Crippen molar-refractivity contribution in [3.05, 3.63) is 77.6 Å². The molecule has 1 aromatic carbocycles. The number of carbonyl (C=O) groups excluding carboxylic acids is 2. The van der Waals surface area contributed by atoms with Crippen LogP contribution in [0.2, 0.25) is 0 Å². The summed E-state index contributed by atoms with van der Waals surface area (Å²) in [7, 11) is 0. The smallest absolute Gasteiger partial charge is 0.291 e. The molecule has 0 bridgehead atoms. The van der Waals surface area contributed by atoms with Crippen molar-refractivity contribution in [2.75, 3.05) is 5.32 Å². The summed E-state index contributed by atoms with van der Waals surface area (Å²) in [5, 5.41) is 5.74. The van der Waals surface area contributed by atoms with Gasteiger partial charge in [0.1, 0.15) is 5.69 Å². The van der Waals surface area contributed by atoms with Crippen molar-refractivity contribution in [2.24, 2.45) is 0 Å². The Hall–Kier alpha value is -3.48. The highest BCUT2D eigenvalue weighted by Crippen LogP contribution is 2.22. The number of benzene rings is 1. The first-order chi connectivity index (χ1) is 13.7. The van der Waals surface area contributed by atoms with Gasteiger partial charge in [0.15, 0.2) is 5.82 Å². The van der Waals surface area contributed by atoms with Crippen LogP contribution in [0.25, 0.3) is 0 Å². The predicted octanol–water partition coefficient (Wildman–Crippen LogP) is 2.80. The third-order valence-corrected chi connectivity index (χ3v) is 4.74. The van der Waals surface area contributed by atoms with Crippen molar-refractivity contribution in [2.45, 2.75) is 32.4 Å². The first-order valence-corrected chi connectivity index (χ1v) is 9.35. The molecule has 2 aromatic heterocycles. The highest BCUT2D eigenvalue weighted by Gasteiger charge is 2.27. The van der Waals surface area contributed by atoms with E-state index in [0.717, 1.165) is 30.5 Å². The lowest BCUT2D eigenvalue weighted by Gasteiger charge is -2.17. The molecule has 0 atom stereocenters. The van der Waals surface area contributed by atoms with E-state index in [-0.39, 0.29) is 17.6 Å². The van der Waals surface area contributed by atoms with Gasteiger partial charge in [-0.1, -0.05) is 24.3 Å². The Morgan fingerprint density at radius 1 is 1.04 bits per heavy atom. The minimum absolute atomic E-state index is 0.270. The van der Waals surface area contributed by atoms with Gasteiger partial charge in [-0.25, -0.2) is 4.98 Å². The van der Waals surface area contributed by atoms with Crippen molar-refractivity contribution in [3.63, 3.8) is 0 Å². The van der Waals surface area contributed by atoms with Crippen LogP contribution in [0.1, 0.15) is 45.2 Å². The lowest BCUT2D eigenvalue weighted by Crippen LogP contribution is -2.25. The molecule has 3 aromatic rings. The third-order valence-electron chi connectivity index (χ3n) is 4.74. The van der Waals surface area contributed by atoms with Gasteiger partial charge in [0, 0.05) is 31.2 Å². The number of aromatic nitrogens is 3. The van der Waals surface area contributed by atoms with Crippen LogP contribution < -0.4 is 10.6 Å². The molecule has 7 heteroatoms. The highest BCUT2D eigenvalue weighted by molar-refractivity contribution is 6.03. The molecule has 2 amide bonds. The number of amides is 2. The largest absolute Gasteiger partial charge is 0.347 e. The zero-order valence-corrected chi connectivity index (χ0v) is 15.4. The number of para-hydroxylation sites is 1. The molecule has 142 valence electrons. The molecular weight excluding hydrogens is 354 g/mol. The fraction of sp³-hybridized carbons (Fsp3) is 0.238. The van der Waals surface area contributed by atoms with Gasteiger partial charge in [-0.3, -0.25) is 14.6 Å². The molecule has 0 saturated heterocycles. The topological polar surface area (TPSA) is 88.9 Å². The number of carbonyl (C=O) groups is 2. The first-order valence-electron chi connectivity index (χ1n) is 9.35. The average Bonchev–Trinajstić information content (AvgIpc) is 3.13. The molecule has 1 aliphatic heterocycles. The van der Waals surface area contributed by atoms with Gasteiger partial charge in [-0.15, -0.1) is 0 Å². The SMILES string of the molecule is O=C(NCc1cccnc1)c1nc(C(=O)Nc2ccccc2)n2c1CCCC2. The van der Waals surface area contributed by atoms with Gasteiger partial charge in [0.05, 0.1) is 5.69 Å². The zero-order valence-electron chi connectivity index (χ0n) is 15.4. The van der Waals surface area contributed by atoms with Crippen molar-refractivity contribution >= 4 is 17.5 Å². The monoisotopic (exact) mass is 375 g/mol. The quantitative estimate of drug-likeness (QED) is 0.718. The van der Waals surface area contributed by atoms with E-state index in [2.05, 4.69) is 20.6 Å². The van der Waals surface area contributed by atoms with Gasteiger partial charge in [-0.2, -0.15) is 0 Å². The van der Waals surface area contributed by atoms with Crippen LogP contribution in [-0.4, -0.2) is 26.3 Å². The third kappa shape index (κ3) is 3.78. The van der Waals surface area contributed by atoms with E-state index in [0.29, 0.717) is 24.5 Å². The summed E-state index contributed by atoms with van der Waals surface area (Å²) in [4.78, 5) is 34.0. The second-order valence-corrected chi connectivity index (χ2v) is 6.70. The molecule has 0 radical (unpaired) electrons. The molecule has 0 spiro atoms. The van der Waals surface area contributed by atoms with Crippen LogP contribution in [0.15, 0.2) is 54.9 Å². The van der Waals surface area contributed by atoms with E-state index >= 15 is 0 Å². The maximum atomic E-state index is 12.8. The molecule has 4 rings (SSSR count). The van der Waals surface area contributed by atoms with Crippen molar-refractivity contribution < 1.29 is 9.59 Å². The Balaban J connectivity index is 1.56. The van der Waals surface area contributed by atoms with Gasteiger partial charge >= 0.3 is 0 Å². The molecule has 0 unspecified atom stereocenters. The average molecular weight is 375 g/mol. The summed E-state index contributed by atoms with van der Waals surface area (Å²) < 4.78 is 1.88. The van der Waals surface area contributed by atoms with Gasteiger partial charge in [0.2, 0.25) is 0 Å². The minimum atomic E-state index is -0.305. The molecule has 1 aliphatic rings. The lowest BCUT2D eigenvalue weighted by atomic mass is 10.1. The Morgan fingerprint density at radius 3 is 2.68 bits per heavy atom. The predicted molar refractivity (Wildman–Crippen MR) is 105 cm³/mol. The number of nitrogens with zero attached hydrogens (tertiary/aromatic N) is 3. The minimum Gasteiger partial charge on any atom is -0.347 e. The summed E-state index contributed by atoms with van der Waals surface area (Å²) in [5.74, 6) is -0.293. The van der Waals surface area contributed by atoms with E-state index in [1.807, 2.05) is 47.0 Å². The number of nitrogens with one attached hydrogen (secondary N) is 2. The molecule has 3 heterocycles. The van der Waals surface area contributed by atoms with Crippen molar-refractivity contribution in [3.8, 4) is 0 Å². The van der Waals surface area contributed by atoms with Crippen LogP contribution >= 0.6 is 0 Å². The van der Waals surface area contributed by atoms with Crippen LogP contribution in [-0.2, 0) is 19.5 Å². The van der Waals surface area contributed by atoms with Gasteiger partial charge < -0.3 is 15.2 Å². The number of imidazole rings is 1. The molecule has 0 saturated carbocycles. The number of rotatable bonds is 5. The fourth-order valence-electron chi connectivity index (χ4n) is 3.38. The standard InChI is InChI=1S/C21H21N5O2/c27-20(23-14-15-7-6-11-22-13-15)18-17-10-4-5-12-26(17)19(25-18)21(28)24-16-8-2-1-3-9-16/h1-3,6-9,11,13H,4-5,10,12,14H2,(H,23,27)(H,24,28). The highest BCUT2D eigenvalue weighted by atomic mass is 16.2. The van der Waals surface area contributed by atoms with E-state index in [4.69, 9.17) is 0 Å². The molecule has 7 nitrogen and oxygen atoms in total. The Labute approximate surface area is 162 Å². The Kier molecular flexibility index (Phi) is 5.14. The van der Waals surface area contributed by atoms with E-state index in [1.54, 1.807) is 12.4 Å². The number of hydrogen-bond acceptors (Lipinski definition) is 4. The number of pyridine rings is 1. The van der Waals surface area contributed by atoms with Gasteiger partial charge in [0.25, 0.3) is 11.8 Å². The zero-order chi connectivity index (χ0) is 19.3. The molecular formula is C21H21N5O2. The molecule has 0 aliphatic carbocycles. The lowest BCUT2D eigenvalue weighted by molar-refractivity contribution is 0.0945. The Bertz CT molecular complexity index is 983. The molecule has 0 fully saturated rings. The maximum Gasteiger partial charge on any atom is 0.291 e. The summed E-state index contributed by atoms with van der Waals surface area (Å²) in [6.07, 6.45) is 6.08. The molecule has 28 heavy (non-hydrogen) atoms. The van der Waals surface area contributed by atoms with Crippen molar-refractivity contribution in [1.29, 1.82) is 0 Å². The second-order valence-electron chi connectivity index (χ2n) is 6.70. The Morgan fingerprint density at radius 2 is 1.89 bits per heavy atom. The van der Waals surface area contributed by atoms with E-state index in [9.17, 15) is 9.59 Å². The van der Waals surface area contributed by atoms with Gasteiger partial charge in [-0.05, 0) is 43.0 Å². The fourth-order valence-corrected chi connectivity index (χ4v) is 3.38. The van der Waals surface area contributed by atoms with Crippen LogP contribution in [0, 0.1) is 0 Å². The van der Waals surface area contributed by atoms with E-state index < -0.39 is 0 Å². The van der Waals surface area contributed by atoms with Crippen LogP contribution in [0.3, 0.4) is 0 Å². The van der Waals surface area contributed by atoms with Crippen LogP contribution in [0.4, 0.5) is 5.69 Å². The van der Waals surface area contributed by atoms with Crippen molar-refractivity contribution in [1.82, 2.24) is 19.9 Å². The number of hydrogen-bond donors (Lipinski definition) is 2. The molecule has 2 N–H and O–H groups in total. The summed E-state index contributed by atoms with van der Waals surface area (Å²) in [5.41, 5.74) is 2.77.